The van der Waals surface area contributed by atoms with Crippen molar-refractivity contribution in [1.29, 1.82) is 0 Å². The van der Waals surface area contributed by atoms with Crippen molar-refractivity contribution < 1.29 is 14.2 Å². The van der Waals surface area contributed by atoms with Crippen molar-refractivity contribution in [3.63, 3.8) is 0 Å². The number of ether oxygens (including phenoxy) is 3. The Kier molecular flexibility index (Phi) is 9.48. The number of anilines is 3. The molecule has 3 aliphatic rings. The van der Waals surface area contributed by atoms with Gasteiger partial charge in [-0.3, -0.25) is 4.90 Å². The Balaban J connectivity index is 0.919. The van der Waals surface area contributed by atoms with Gasteiger partial charge in [0.1, 0.15) is 17.1 Å². The number of rotatable bonds is 6. The van der Waals surface area contributed by atoms with Crippen LogP contribution < -0.4 is 19.1 Å². The largest absolute Gasteiger partial charge is 0.453 e. The third-order valence-electron chi connectivity index (χ3n) is 17.3. The minimum Gasteiger partial charge on any atom is -0.453 e. The molecule has 0 radical (unpaired) electrons. The van der Waals surface area contributed by atoms with E-state index in [4.69, 9.17) is 14.2 Å². The van der Waals surface area contributed by atoms with Gasteiger partial charge in [-0.15, -0.1) is 0 Å². The normalized spacial score (nSPS) is 12.7. The Morgan fingerprint density at radius 2 is 0.329 bits per heavy atom. The van der Waals surface area contributed by atoms with Crippen LogP contribution in [0.3, 0.4) is 0 Å². The lowest BCUT2D eigenvalue weighted by Gasteiger charge is -2.42. The van der Waals surface area contributed by atoms with Crippen LogP contribution in [0.1, 0.15) is 0 Å². The number of fused-ring (bicyclic) bond motifs is 6. The number of benzene rings is 15. The molecule has 4 nitrogen and oxygen atoms in total. The van der Waals surface area contributed by atoms with E-state index < -0.39 is 0 Å². The molecule has 15 aromatic rings. The summed E-state index contributed by atoms with van der Waals surface area (Å²) in [4.78, 5) is 2.35. The SMILES string of the molecule is c1ccc(-c2c3ccccc3c(-c3cc4c5c(c3)Oc3cc(-c6c7ccccc7c(-c7ccccc7)c7ccccc67)cc6c3N5c3c(cc(-c5c7ccccc7c(-c7ccccc7)c7ccccc57)cc3O6)O4)c3ccccc23)cc1. The Labute approximate surface area is 472 Å². The summed E-state index contributed by atoms with van der Waals surface area (Å²) in [5, 5.41) is 14.0. The first-order chi connectivity index (χ1) is 40.7. The van der Waals surface area contributed by atoms with Crippen LogP contribution in [0.2, 0.25) is 0 Å². The molecule has 0 atom stereocenters. The molecule has 380 valence electrons. The lowest BCUT2D eigenvalue weighted by atomic mass is 9.85. The number of hydrogen-bond acceptors (Lipinski definition) is 4. The average Bonchev–Trinajstić information content (AvgIpc) is 2.15. The standard InChI is InChI=1S/C78H45NO3/c1-4-22-46(23-5-1)70-52-28-10-16-34-58(52)73(59-35-17-11-29-53(59)70)49-40-64-76-65(41-49)81-67-43-51(75-62-38-20-14-32-56(62)72(48-26-8-3-9-27-48)57-33-15-21-39-63(57)75)45-69-78(67)79(76)77-66(80-64)42-50(44-68(77)82-69)74-60-36-18-12-30-54(60)71(47-24-6-2-7-25-47)55-31-13-19-37-61(55)74/h1-45H. The number of hydrogen-bond donors (Lipinski definition) is 0. The highest BCUT2D eigenvalue weighted by molar-refractivity contribution is 6.25. The van der Waals surface area contributed by atoms with E-state index in [9.17, 15) is 0 Å². The van der Waals surface area contributed by atoms with Crippen LogP contribution in [-0.4, -0.2) is 0 Å². The van der Waals surface area contributed by atoms with Gasteiger partial charge in [0.25, 0.3) is 0 Å². The topological polar surface area (TPSA) is 30.9 Å². The zero-order valence-electron chi connectivity index (χ0n) is 44.2. The van der Waals surface area contributed by atoms with Crippen molar-refractivity contribution in [1.82, 2.24) is 0 Å². The summed E-state index contributed by atoms with van der Waals surface area (Å²) in [5.41, 5.74) is 16.1. The maximum absolute atomic E-state index is 7.44. The molecule has 0 spiro atoms. The van der Waals surface area contributed by atoms with Gasteiger partial charge in [-0.2, -0.15) is 0 Å². The maximum Gasteiger partial charge on any atom is 0.156 e. The van der Waals surface area contributed by atoms with Crippen molar-refractivity contribution in [3.05, 3.63) is 273 Å². The van der Waals surface area contributed by atoms with E-state index in [1.165, 1.54) is 65.7 Å². The Morgan fingerprint density at radius 3 is 0.512 bits per heavy atom. The monoisotopic (exact) mass is 1040 g/mol. The maximum atomic E-state index is 7.44. The van der Waals surface area contributed by atoms with Gasteiger partial charge < -0.3 is 14.2 Å². The summed E-state index contributed by atoms with van der Waals surface area (Å²) in [6.07, 6.45) is 0. The fourth-order valence-electron chi connectivity index (χ4n) is 14.1. The van der Waals surface area contributed by atoms with E-state index in [2.05, 4.69) is 278 Å². The molecule has 0 aromatic heterocycles. The van der Waals surface area contributed by atoms with Gasteiger partial charge in [-0.05, 0) is 168 Å². The summed E-state index contributed by atoms with van der Waals surface area (Å²) in [6.45, 7) is 0. The molecule has 0 unspecified atom stereocenters. The summed E-state index contributed by atoms with van der Waals surface area (Å²) >= 11 is 0. The van der Waals surface area contributed by atoms with E-state index in [1.807, 2.05) is 0 Å². The third-order valence-corrected chi connectivity index (χ3v) is 17.3. The summed E-state index contributed by atoms with van der Waals surface area (Å²) in [7, 11) is 0. The molecule has 82 heavy (non-hydrogen) atoms. The first kappa shape index (κ1) is 45.0. The van der Waals surface area contributed by atoms with Crippen LogP contribution in [0.25, 0.3) is 131 Å². The molecular formula is C78H45NO3. The highest BCUT2D eigenvalue weighted by Gasteiger charge is 2.43. The van der Waals surface area contributed by atoms with E-state index in [1.54, 1.807) is 0 Å². The first-order valence-electron chi connectivity index (χ1n) is 28.1. The second kappa shape index (κ2) is 17.3. The Bertz CT molecular complexity index is 4480. The van der Waals surface area contributed by atoms with E-state index in [0.29, 0.717) is 34.5 Å². The van der Waals surface area contributed by atoms with Gasteiger partial charge in [0.2, 0.25) is 0 Å². The quantitative estimate of drug-likeness (QED) is 0.155. The van der Waals surface area contributed by atoms with E-state index in [-0.39, 0.29) is 0 Å². The Morgan fingerprint density at radius 1 is 0.171 bits per heavy atom. The molecule has 0 bridgehead atoms. The highest BCUT2D eigenvalue weighted by atomic mass is 16.5. The van der Waals surface area contributed by atoms with Crippen molar-refractivity contribution in [2.24, 2.45) is 0 Å². The lowest BCUT2D eigenvalue weighted by molar-refractivity contribution is 0.419. The van der Waals surface area contributed by atoms with Crippen LogP contribution in [-0.2, 0) is 0 Å². The second-order valence-electron chi connectivity index (χ2n) is 21.7. The molecule has 0 amide bonds. The van der Waals surface area contributed by atoms with Crippen molar-refractivity contribution in [3.8, 4) is 101 Å². The number of nitrogens with zero attached hydrogens (tertiary/aromatic N) is 1. The van der Waals surface area contributed by atoms with E-state index in [0.717, 1.165) is 82.8 Å². The van der Waals surface area contributed by atoms with Gasteiger partial charge in [-0.1, -0.05) is 237 Å². The molecule has 3 aliphatic heterocycles. The molecule has 0 aliphatic carbocycles. The minimum absolute atomic E-state index is 0.702. The van der Waals surface area contributed by atoms with Crippen LogP contribution in [0.4, 0.5) is 17.1 Å². The average molecular weight is 1040 g/mol. The molecule has 0 fully saturated rings. The fourth-order valence-corrected chi connectivity index (χ4v) is 14.1. The summed E-state index contributed by atoms with van der Waals surface area (Å²) in [5.74, 6) is 4.21. The van der Waals surface area contributed by atoms with Crippen molar-refractivity contribution in [2.75, 3.05) is 4.90 Å². The van der Waals surface area contributed by atoms with Gasteiger partial charge in [-0.25, -0.2) is 0 Å². The molecule has 0 N–H and O–H groups in total. The zero-order valence-corrected chi connectivity index (χ0v) is 44.2. The van der Waals surface area contributed by atoms with Crippen molar-refractivity contribution in [2.45, 2.75) is 0 Å². The summed E-state index contributed by atoms with van der Waals surface area (Å²) in [6, 6.07) is 98.6. The molecule has 3 heterocycles. The Hall–Kier alpha value is -10.9. The van der Waals surface area contributed by atoms with Crippen LogP contribution in [0.15, 0.2) is 273 Å². The van der Waals surface area contributed by atoms with Gasteiger partial charge in [0.05, 0.1) is 0 Å². The first-order valence-corrected chi connectivity index (χ1v) is 28.1. The lowest BCUT2D eigenvalue weighted by Crippen LogP contribution is -2.24. The summed E-state index contributed by atoms with van der Waals surface area (Å²) < 4.78 is 22.3. The van der Waals surface area contributed by atoms with Gasteiger partial charge >= 0.3 is 0 Å². The predicted octanol–water partition coefficient (Wildman–Crippen LogP) is 22.4. The predicted molar refractivity (Wildman–Crippen MR) is 339 cm³/mol. The smallest absolute Gasteiger partial charge is 0.156 e. The van der Waals surface area contributed by atoms with Gasteiger partial charge in [0, 0.05) is 0 Å². The zero-order chi connectivity index (χ0) is 53.6. The molecule has 0 saturated heterocycles. The molecular weight excluding hydrogens is 999 g/mol. The van der Waals surface area contributed by atoms with Crippen LogP contribution in [0.5, 0.6) is 34.5 Å². The van der Waals surface area contributed by atoms with Gasteiger partial charge in [0.15, 0.2) is 34.5 Å². The van der Waals surface area contributed by atoms with Crippen LogP contribution >= 0.6 is 0 Å². The molecule has 15 aromatic carbocycles. The second-order valence-corrected chi connectivity index (χ2v) is 21.7. The van der Waals surface area contributed by atoms with Crippen LogP contribution in [0, 0.1) is 0 Å². The highest BCUT2D eigenvalue weighted by Crippen LogP contribution is 2.69. The fraction of sp³-hybridized carbons (Fsp3) is 0. The van der Waals surface area contributed by atoms with Crippen molar-refractivity contribution >= 4 is 81.7 Å². The van der Waals surface area contributed by atoms with E-state index >= 15 is 0 Å². The minimum atomic E-state index is 0.702. The molecule has 18 rings (SSSR count). The molecule has 4 heteroatoms. The molecule has 0 saturated carbocycles. The third kappa shape index (κ3) is 6.43.